The summed E-state index contributed by atoms with van der Waals surface area (Å²) >= 11 is 0. The largest absolute Gasteiger partial charge is 0.472 e. The topological polar surface area (TPSA) is 237 Å². The Morgan fingerprint density at radius 1 is 0.264 bits per heavy atom. The van der Waals surface area contributed by atoms with Crippen molar-refractivity contribution in [3.8, 4) is 0 Å². The Hall–Kier alpha value is -1.94. The van der Waals surface area contributed by atoms with Crippen molar-refractivity contribution in [2.45, 2.75) is 472 Å². The molecule has 0 saturated carbocycles. The first-order valence-electron chi connectivity index (χ1n) is 44.8. The van der Waals surface area contributed by atoms with Gasteiger partial charge in [0.15, 0.2) is 12.2 Å². The molecule has 0 radical (unpaired) electrons. The zero-order valence-electron chi connectivity index (χ0n) is 70.1. The molecule has 0 aliphatic rings. The number of carbonyl (C=O) groups excluding carboxylic acids is 4. The molecule has 0 aliphatic heterocycles. The molecule has 4 unspecified atom stereocenters. The van der Waals surface area contributed by atoms with Crippen molar-refractivity contribution in [2.24, 2.45) is 23.7 Å². The number of phosphoric acid groups is 2. The summed E-state index contributed by atoms with van der Waals surface area (Å²) < 4.78 is 68.9. The summed E-state index contributed by atoms with van der Waals surface area (Å²) in [6.45, 7) is 14.4. The molecule has 0 fully saturated rings. The van der Waals surface area contributed by atoms with Gasteiger partial charge in [0.2, 0.25) is 0 Å². The van der Waals surface area contributed by atoms with E-state index >= 15 is 0 Å². The molecule has 0 aromatic rings. The Labute approximate surface area is 651 Å². The molecule has 0 rings (SSSR count). The van der Waals surface area contributed by atoms with E-state index in [1.165, 1.54) is 250 Å². The Bertz CT molecular complexity index is 2060. The van der Waals surface area contributed by atoms with Crippen molar-refractivity contribution in [1.29, 1.82) is 0 Å². The fourth-order valence-corrected chi connectivity index (χ4v) is 15.0. The van der Waals surface area contributed by atoms with Crippen molar-refractivity contribution >= 4 is 39.5 Å². The third-order valence-electron chi connectivity index (χ3n) is 21.0. The van der Waals surface area contributed by atoms with Gasteiger partial charge in [0.25, 0.3) is 0 Å². The highest BCUT2D eigenvalue weighted by Crippen LogP contribution is 2.45. The summed E-state index contributed by atoms with van der Waals surface area (Å²) in [6.07, 6.45) is 65.3. The van der Waals surface area contributed by atoms with Gasteiger partial charge < -0.3 is 33.8 Å². The second kappa shape index (κ2) is 75.7. The van der Waals surface area contributed by atoms with E-state index in [1.807, 2.05) is 0 Å². The number of carbonyl (C=O) groups is 4. The van der Waals surface area contributed by atoms with E-state index in [-0.39, 0.29) is 25.7 Å². The minimum atomic E-state index is -4.97. The maximum Gasteiger partial charge on any atom is 0.472 e. The number of hydrogen-bond acceptors (Lipinski definition) is 15. The number of phosphoric ester groups is 2. The maximum atomic E-state index is 13.1. The Balaban J connectivity index is 5.21. The minimum Gasteiger partial charge on any atom is -0.462 e. The summed E-state index contributed by atoms with van der Waals surface area (Å²) in [5.74, 6) is 1.08. The first kappa shape index (κ1) is 104. The molecular weight excluding hydrogens is 1380 g/mol. The molecule has 19 heteroatoms. The lowest BCUT2D eigenvalue weighted by atomic mass is 9.99. The lowest BCUT2D eigenvalue weighted by molar-refractivity contribution is -0.161. The highest BCUT2D eigenvalue weighted by Gasteiger charge is 2.31. The lowest BCUT2D eigenvalue weighted by Gasteiger charge is -2.21. The number of esters is 4. The van der Waals surface area contributed by atoms with Crippen molar-refractivity contribution in [1.82, 2.24) is 0 Å². The van der Waals surface area contributed by atoms with Crippen LogP contribution in [0.5, 0.6) is 0 Å². The summed E-state index contributed by atoms with van der Waals surface area (Å²) in [4.78, 5) is 73.2. The van der Waals surface area contributed by atoms with Gasteiger partial charge in [0.1, 0.15) is 19.3 Å². The van der Waals surface area contributed by atoms with E-state index in [2.05, 4.69) is 55.4 Å². The van der Waals surface area contributed by atoms with Gasteiger partial charge in [-0.3, -0.25) is 37.3 Å². The molecule has 0 amide bonds. The number of hydrogen-bond donors (Lipinski definition) is 3. The SMILES string of the molecule is CCC(C)CCCCCCCCCCCCCCCCCCCCC(=O)O[C@H](COC(=O)CCCCCCCCC(C)CC)COP(=O)(O)OC[C@H](O)COP(=O)(O)OC[C@@H](COC(=O)CCCCCCCCCCCCCCC(C)C)OC(=O)CCCCCCCCCCCCCCCCCCC(C)C. The van der Waals surface area contributed by atoms with E-state index in [4.69, 9.17) is 37.0 Å². The van der Waals surface area contributed by atoms with E-state index in [0.717, 1.165) is 120 Å². The predicted molar refractivity (Wildman–Crippen MR) is 437 cm³/mol. The summed E-state index contributed by atoms with van der Waals surface area (Å²) in [5, 5.41) is 10.7. The standard InChI is InChI=1S/C87H170O17P2/c1-9-79(7)65-57-49-41-35-29-22-18-13-11-12-14-19-23-31-37-43-53-62-70-87(92)104-83(74-98-85(90)68-60-52-46-45-50-58-66-80(8)10-2)76-102-106(95,96)100-72-81(88)71-99-105(93,94)101-75-82(73-97-84(89)67-59-51-42-36-30-26-25-28-34-40-48-56-64-78(5)6)103-86(91)69-61-54-44-38-32-24-20-16-15-17-21-27-33-39-47-55-63-77(3)4/h77-83,88H,9-76H2,1-8H3,(H,93,94)(H,95,96)/t79?,80?,81-,82-,83-/m1/s1. The average molecular weight is 1550 g/mol. The predicted octanol–water partition coefficient (Wildman–Crippen LogP) is 26.3. The maximum absolute atomic E-state index is 13.1. The fourth-order valence-electron chi connectivity index (χ4n) is 13.4. The van der Waals surface area contributed by atoms with Crippen LogP contribution in [-0.4, -0.2) is 96.7 Å². The van der Waals surface area contributed by atoms with Gasteiger partial charge in [-0.05, 0) is 49.4 Å². The van der Waals surface area contributed by atoms with Gasteiger partial charge in [-0.25, -0.2) is 9.13 Å². The molecule has 0 aromatic carbocycles. The highest BCUT2D eigenvalue weighted by molar-refractivity contribution is 7.47. The summed E-state index contributed by atoms with van der Waals surface area (Å²) in [7, 11) is -9.93. The van der Waals surface area contributed by atoms with Gasteiger partial charge in [0, 0.05) is 25.7 Å². The molecule has 0 aromatic heterocycles. The second-order valence-electron chi connectivity index (χ2n) is 32.7. The van der Waals surface area contributed by atoms with Crippen molar-refractivity contribution < 1.29 is 80.2 Å². The molecule has 7 atom stereocenters. The zero-order valence-corrected chi connectivity index (χ0v) is 71.9. The molecule has 0 heterocycles. The molecular formula is C87H170O17P2. The number of rotatable bonds is 84. The Kier molecular flexibility index (Phi) is 74.3. The number of aliphatic hydroxyl groups is 1. The molecule has 630 valence electrons. The van der Waals surface area contributed by atoms with Gasteiger partial charge in [-0.15, -0.1) is 0 Å². The first-order valence-corrected chi connectivity index (χ1v) is 47.8. The van der Waals surface area contributed by atoms with Crippen LogP contribution < -0.4 is 0 Å². The molecule has 0 bridgehead atoms. The third-order valence-corrected chi connectivity index (χ3v) is 22.9. The smallest absolute Gasteiger partial charge is 0.462 e. The molecule has 0 spiro atoms. The Morgan fingerprint density at radius 2 is 0.453 bits per heavy atom. The van der Waals surface area contributed by atoms with Crippen LogP contribution in [0.3, 0.4) is 0 Å². The quantitative estimate of drug-likeness (QED) is 0.0222. The van der Waals surface area contributed by atoms with Crippen LogP contribution in [0.25, 0.3) is 0 Å². The van der Waals surface area contributed by atoms with E-state index < -0.39 is 97.5 Å². The van der Waals surface area contributed by atoms with Crippen LogP contribution in [0.15, 0.2) is 0 Å². The second-order valence-corrected chi connectivity index (χ2v) is 35.6. The normalized spacial score (nSPS) is 14.4. The van der Waals surface area contributed by atoms with Crippen LogP contribution >= 0.6 is 15.6 Å². The van der Waals surface area contributed by atoms with Crippen LogP contribution in [-0.2, 0) is 65.4 Å². The van der Waals surface area contributed by atoms with Gasteiger partial charge in [-0.1, -0.05) is 402 Å². The van der Waals surface area contributed by atoms with Gasteiger partial charge in [-0.2, -0.15) is 0 Å². The monoisotopic (exact) mass is 1550 g/mol. The first-order chi connectivity index (χ1) is 51.2. The van der Waals surface area contributed by atoms with E-state index in [9.17, 15) is 43.2 Å². The van der Waals surface area contributed by atoms with Crippen LogP contribution in [0.4, 0.5) is 0 Å². The molecule has 0 aliphatic carbocycles. The summed E-state index contributed by atoms with van der Waals surface area (Å²) in [6, 6.07) is 0. The summed E-state index contributed by atoms with van der Waals surface area (Å²) in [5.41, 5.74) is 0. The van der Waals surface area contributed by atoms with E-state index in [0.29, 0.717) is 25.7 Å². The van der Waals surface area contributed by atoms with Gasteiger partial charge in [0.05, 0.1) is 26.4 Å². The number of aliphatic hydroxyl groups excluding tert-OH is 1. The average Bonchev–Trinajstić information content (AvgIpc) is 0.902. The van der Waals surface area contributed by atoms with Crippen molar-refractivity contribution in [2.75, 3.05) is 39.6 Å². The van der Waals surface area contributed by atoms with Crippen molar-refractivity contribution in [3.63, 3.8) is 0 Å². The zero-order chi connectivity index (χ0) is 78.1. The van der Waals surface area contributed by atoms with Crippen molar-refractivity contribution in [3.05, 3.63) is 0 Å². The van der Waals surface area contributed by atoms with Gasteiger partial charge >= 0.3 is 39.5 Å². The molecule has 3 N–H and O–H groups in total. The number of ether oxygens (including phenoxy) is 4. The van der Waals surface area contributed by atoms with E-state index in [1.54, 1.807) is 0 Å². The van der Waals surface area contributed by atoms with Crippen LogP contribution in [0.1, 0.15) is 453 Å². The minimum absolute atomic E-state index is 0.107. The fraction of sp³-hybridized carbons (Fsp3) is 0.954. The third kappa shape index (κ3) is 77.4. The molecule has 106 heavy (non-hydrogen) atoms. The number of unbranched alkanes of at least 4 members (excludes halogenated alkanes) is 48. The molecule has 0 saturated heterocycles. The highest BCUT2D eigenvalue weighted by atomic mass is 31.2. The Morgan fingerprint density at radius 3 is 0.670 bits per heavy atom. The molecule has 17 nitrogen and oxygen atoms in total. The lowest BCUT2D eigenvalue weighted by Crippen LogP contribution is -2.30. The van der Waals surface area contributed by atoms with Crippen LogP contribution in [0, 0.1) is 23.7 Å². The van der Waals surface area contributed by atoms with Crippen LogP contribution in [0.2, 0.25) is 0 Å².